The van der Waals surface area contributed by atoms with Crippen LogP contribution in [-0.4, -0.2) is 29.5 Å². The van der Waals surface area contributed by atoms with E-state index >= 15 is 0 Å². The van der Waals surface area contributed by atoms with E-state index in [1.165, 1.54) is 32.1 Å². The number of aromatic nitrogens is 1. The number of rotatable bonds is 3. The van der Waals surface area contributed by atoms with E-state index in [9.17, 15) is 0 Å². The second-order valence-electron chi connectivity index (χ2n) is 5.32. The first-order chi connectivity index (χ1) is 8.17. The molecule has 1 aromatic heterocycles. The van der Waals surface area contributed by atoms with Crippen LogP contribution >= 0.6 is 0 Å². The van der Waals surface area contributed by atoms with Gasteiger partial charge in [0.25, 0.3) is 0 Å². The zero-order chi connectivity index (χ0) is 12.3. The predicted molar refractivity (Wildman–Crippen MR) is 70.7 cm³/mol. The van der Waals surface area contributed by atoms with Gasteiger partial charge in [-0.05, 0) is 38.6 Å². The highest BCUT2D eigenvalue weighted by atomic mass is 15.2. The molecule has 1 fully saturated rings. The molecule has 1 atom stereocenters. The minimum atomic E-state index is 0.0616. The Morgan fingerprint density at radius 3 is 2.53 bits per heavy atom. The fourth-order valence-corrected chi connectivity index (χ4v) is 3.07. The quantitative estimate of drug-likeness (QED) is 0.871. The first-order valence-corrected chi connectivity index (χ1v) is 6.50. The maximum Gasteiger partial charge on any atom is 0.0497 e. The molecule has 0 radical (unpaired) electrons. The van der Waals surface area contributed by atoms with Crippen LogP contribution in [0.15, 0.2) is 24.5 Å². The largest absolute Gasteiger partial charge is 0.322 e. The summed E-state index contributed by atoms with van der Waals surface area (Å²) in [7, 11) is 4.31. The van der Waals surface area contributed by atoms with Gasteiger partial charge < -0.3 is 10.6 Å². The predicted octanol–water partition coefficient (Wildman–Crippen LogP) is 2.35. The normalized spacial score (nSPS) is 21.4. The highest BCUT2D eigenvalue weighted by Crippen LogP contribution is 2.40. The molecule has 1 aromatic rings. The van der Waals surface area contributed by atoms with Crippen molar-refractivity contribution >= 4 is 0 Å². The Labute approximate surface area is 104 Å². The minimum absolute atomic E-state index is 0.0616. The van der Waals surface area contributed by atoms with E-state index in [2.05, 4.69) is 30.0 Å². The van der Waals surface area contributed by atoms with Crippen LogP contribution in [0.5, 0.6) is 0 Å². The van der Waals surface area contributed by atoms with Crippen LogP contribution in [0.4, 0.5) is 0 Å². The molecular formula is C14H23N3. The Hall–Kier alpha value is -0.930. The summed E-state index contributed by atoms with van der Waals surface area (Å²) in [6, 6.07) is 4.13. The molecule has 1 saturated carbocycles. The maximum atomic E-state index is 6.52. The molecule has 17 heavy (non-hydrogen) atoms. The molecule has 0 bridgehead atoms. The third-order valence-electron chi connectivity index (χ3n) is 4.23. The Bertz CT molecular complexity index is 342. The molecule has 0 saturated heterocycles. The molecule has 2 rings (SSSR count). The molecule has 2 N–H and O–H groups in total. The van der Waals surface area contributed by atoms with Crippen LogP contribution in [0, 0.1) is 0 Å². The summed E-state index contributed by atoms with van der Waals surface area (Å²) >= 11 is 0. The lowest BCUT2D eigenvalue weighted by Gasteiger charge is -2.47. The minimum Gasteiger partial charge on any atom is -0.322 e. The van der Waals surface area contributed by atoms with Crippen LogP contribution in [0.3, 0.4) is 0 Å². The summed E-state index contributed by atoms with van der Waals surface area (Å²) in [5.41, 5.74) is 7.79. The summed E-state index contributed by atoms with van der Waals surface area (Å²) in [5.74, 6) is 0. The van der Waals surface area contributed by atoms with Gasteiger partial charge in [-0.15, -0.1) is 0 Å². The lowest BCUT2D eigenvalue weighted by molar-refractivity contribution is 0.0712. The van der Waals surface area contributed by atoms with Crippen molar-refractivity contribution in [1.82, 2.24) is 9.88 Å². The van der Waals surface area contributed by atoms with Crippen molar-refractivity contribution in [3.63, 3.8) is 0 Å². The third-order valence-corrected chi connectivity index (χ3v) is 4.23. The van der Waals surface area contributed by atoms with Crippen molar-refractivity contribution < 1.29 is 0 Å². The van der Waals surface area contributed by atoms with Gasteiger partial charge in [-0.1, -0.05) is 25.3 Å². The van der Waals surface area contributed by atoms with Crippen molar-refractivity contribution in [2.75, 3.05) is 14.1 Å². The van der Waals surface area contributed by atoms with Gasteiger partial charge in [-0.2, -0.15) is 0 Å². The van der Waals surface area contributed by atoms with Crippen LogP contribution in [-0.2, 0) is 0 Å². The van der Waals surface area contributed by atoms with Crippen molar-refractivity contribution in [3.8, 4) is 0 Å². The van der Waals surface area contributed by atoms with E-state index < -0.39 is 0 Å². The number of likely N-dealkylation sites (N-methyl/N-ethyl adjacent to an activating group) is 1. The molecule has 0 aromatic carbocycles. The Morgan fingerprint density at radius 1 is 1.29 bits per heavy atom. The lowest BCUT2D eigenvalue weighted by atomic mass is 9.73. The van der Waals surface area contributed by atoms with E-state index in [0.29, 0.717) is 0 Å². The van der Waals surface area contributed by atoms with Crippen LogP contribution < -0.4 is 5.73 Å². The van der Waals surface area contributed by atoms with Crippen LogP contribution in [0.2, 0.25) is 0 Å². The summed E-state index contributed by atoms with van der Waals surface area (Å²) in [4.78, 5) is 6.52. The second-order valence-corrected chi connectivity index (χ2v) is 5.32. The van der Waals surface area contributed by atoms with Gasteiger partial charge in [-0.25, -0.2) is 0 Å². The maximum absolute atomic E-state index is 6.52. The van der Waals surface area contributed by atoms with E-state index in [0.717, 1.165) is 5.56 Å². The molecule has 1 unspecified atom stereocenters. The second kappa shape index (κ2) is 5.15. The van der Waals surface area contributed by atoms with Crippen molar-refractivity contribution in [1.29, 1.82) is 0 Å². The number of pyridine rings is 1. The van der Waals surface area contributed by atoms with E-state index in [1.807, 2.05) is 12.3 Å². The van der Waals surface area contributed by atoms with Crippen molar-refractivity contribution in [2.45, 2.75) is 43.7 Å². The number of hydrogen-bond acceptors (Lipinski definition) is 3. The van der Waals surface area contributed by atoms with Gasteiger partial charge in [0.2, 0.25) is 0 Å². The number of hydrogen-bond donors (Lipinski definition) is 1. The highest BCUT2D eigenvalue weighted by Gasteiger charge is 2.40. The zero-order valence-electron chi connectivity index (χ0n) is 10.9. The smallest absolute Gasteiger partial charge is 0.0497 e. The standard InChI is InChI=1S/C14H23N3/c1-17(2)14(8-4-3-5-9-14)13(15)12-7-6-10-16-11-12/h6-7,10-11,13H,3-5,8-9,15H2,1-2H3. The highest BCUT2D eigenvalue weighted by molar-refractivity contribution is 5.19. The van der Waals surface area contributed by atoms with E-state index in [4.69, 9.17) is 5.73 Å². The molecule has 1 aliphatic rings. The number of nitrogens with two attached hydrogens (primary N) is 1. The molecule has 3 heteroatoms. The lowest BCUT2D eigenvalue weighted by Crippen LogP contribution is -2.53. The first-order valence-electron chi connectivity index (χ1n) is 6.50. The molecule has 1 aliphatic carbocycles. The summed E-state index contributed by atoms with van der Waals surface area (Å²) in [6.45, 7) is 0. The average Bonchev–Trinajstić information content (AvgIpc) is 2.39. The van der Waals surface area contributed by atoms with E-state index in [-0.39, 0.29) is 11.6 Å². The monoisotopic (exact) mass is 233 g/mol. The van der Waals surface area contributed by atoms with Crippen molar-refractivity contribution in [2.24, 2.45) is 5.73 Å². The molecular weight excluding hydrogens is 210 g/mol. The zero-order valence-corrected chi connectivity index (χ0v) is 10.9. The SMILES string of the molecule is CN(C)C1(C(N)c2cccnc2)CCCCC1. The van der Waals surface area contributed by atoms with Crippen LogP contribution in [0.1, 0.15) is 43.7 Å². The Balaban J connectivity index is 2.27. The van der Waals surface area contributed by atoms with Gasteiger partial charge in [0.1, 0.15) is 0 Å². The molecule has 0 amide bonds. The van der Waals surface area contributed by atoms with Gasteiger partial charge >= 0.3 is 0 Å². The molecule has 1 heterocycles. The first kappa shape index (κ1) is 12.5. The summed E-state index contributed by atoms with van der Waals surface area (Å²) in [5, 5.41) is 0. The van der Waals surface area contributed by atoms with Gasteiger partial charge in [-0.3, -0.25) is 4.98 Å². The molecule has 0 aliphatic heterocycles. The fourth-order valence-electron chi connectivity index (χ4n) is 3.07. The molecule has 0 spiro atoms. The van der Waals surface area contributed by atoms with Gasteiger partial charge in [0.05, 0.1) is 0 Å². The van der Waals surface area contributed by atoms with Crippen LogP contribution in [0.25, 0.3) is 0 Å². The molecule has 94 valence electrons. The van der Waals surface area contributed by atoms with Crippen molar-refractivity contribution in [3.05, 3.63) is 30.1 Å². The average molecular weight is 233 g/mol. The topological polar surface area (TPSA) is 42.1 Å². The fraction of sp³-hybridized carbons (Fsp3) is 0.643. The van der Waals surface area contributed by atoms with Gasteiger partial charge in [0.15, 0.2) is 0 Å². The molecule has 3 nitrogen and oxygen atoms in total. The Kier molecular flexibility index (Phi) is 3.79. The van der Waals surface area contributed by atoms with Gasteiger partial charge in [0, 0.05) is 24.0 Å². The van der Waals surface area contributed by atoms with E-state index in [1.54, 1.807) is 6.20 Å². The summed E-state index contributed by atoms with van der Waals surface area (Å²) < 4.78 is 0. The Morgan fingerprint density at radius 2 is 2.00 bits per heavy atom. The summed E-state index contributed by atoms with van der Waals surface area (Å²) in [6.07, 6.45) is 10.0. The number of nitrogens with zero attached hydrogens (tertiary/aromatic N) is 2. The third kappa shape index (κ3) is 2.35.